The molecule has 0 saturated carbocycles. The van der Waals surface area contributed by atoms with Crippen molar-refractivity contribution in [1.29, 1.82) is 0 Å². The number of Topliss-reactive ketones (excluding diaryl/α,β-unsaturated/α-hetero) is 1. The number of furan rings is 1. The summed E-state index contributed by atoms with van der Waals surface area (Å²) < 4.78 is 5.51. The molecule has 0 aliphatic carbocycles. The van der Waals surface area contributed by atoms with Gasteiger partial charge in [-0.3, -0.25) is 9.59 Å². The largest absolute Gasteiger partial charge is 0.460 e. The van der Waals surface area contributed by atoms with Crippen molar-refractivity contribution in [2.45, 2.75) is 20.4 Å². The molecule has 1 unspecified atom stereocenters. The van der Waals surface area contributed by atoms with Gasteiger partial charge < -0.3 is 14.6 Å². The summed E-state index contributed by atoms with van der Waals surface area (Å²) in [5, 5.41) is 2.83. The highest BCUT2D eigenvalue weighted by Crippen LogP contribution is 2.09. The van der Waals surface area contributed by atoms with Crippen molar-refractivity contribution in [3.8, 4) is 0 Å². The van der Waals surface area contributed by atoms with Crippen LogP contribution in [0.5, 0.6) is 0 Å². The van der Waals surface area contributed by atoms with E-state index in [-0.39, 0.29) is 11.7 Å². The summed E-state index contributed by atoms with van der Waals surface area (Å²) in [5.41, 5.74) is 1.32. The maximum absolute atomic E-state index is 12.0. The number of rotatable bonds is 6. The lowest BCUT2D eigenvalue weighted by Gasteiger charge is -2.12. The zero-order valence-corrected chi connectivity index (χ0v) is 13.1. The lowest BCUT2D eigenvalue weighted by Crippen LogP contribution is -3.08. The molecule has 0 saturated heterocycles. The zero-order valence-electron chi connectivity index (χ0n) is 13.1. The number of hydrogen-bond acceptors (Lipinski definition) is 3. The van der Waals surface area contributed by atoms with E-state index in [0.29, 0.717) is 24.3 Å². The van der Waals surface area contributed by atoms with Crippen molar-refractivity contribution in [1.82, 2.24) is 0 Å². The Morgan fingerprint density at radius 1 is 1.14 bits per heavy atom. The molecule has 1 amide bonds. The molecule has 0 bridgehead atoms. The number of nitrogens with one attached hydrogen (secondary N) is 2. The number of carbonyl (C=O) groups excluding carboxylic acids is 2. The zero-order chi connectivity index (χ0) is 16.1. The minimum absolute atomic E-state index is 0.01000. The Balaban J connectivity index is 1.85. The summed E-state index contributed by atoms with van der Waals surface area (Å²) in [4.78, 5) is 24.2. The number of likely N-dealkylation sites (N-methyl/N-ethyl adjacent to an activating group) is 1. The standard InChI is InChI=1S/C17H20N2O3/c1-12-4-9-16(22-12)10-19(3)11-17(21)18-15-7-5-14(6-8-15)13(2)20/h4-9H,10-11H2,1-3H3,(H,18,21)/p+1. The van der Waals surface area contributed by atoms with Crippen LogP contribution in [0.15, 0.2) is 40.8 Å². The Kier molecular flexibility index (Phi) is 5.12. The maximum atomic E-state index is 12.0. The highest BCUT2D eigenvalue weighted by molar-refractivity contribution is 5.95. The van der Waals surface area contributed by atoms with Crippen LogP contribution in [-0.4, -0.2) is 25.3 Å². The molecule has 5 nitrogen and oxygen atoms in total. The topological polar surface area (TPSA) is 63.8 Å². The van der Waals surface area contributed by atoms with Gasteiger partial charge in [-0.25, -0.2) is 0 Å². The molecule has 1 aromatic heterocycles. The number of carbonyl (C=O) groups is 2. The van der Waals surface area contributed by atoms with Crippen molar-refractivity contribution in [2.75, 3.05) is 18.9 Å². The first-order valence-corrected chi connectivity index (χ1v) is 7.21. The molecular formula is C17H21N2O3+. The van der Waals surface area contributed by atoms with Gasteiger partial charge in [-0.2, -0.15) is 0 Å². The Hall–Kier alpha value is -2.40. The van der Waals surface area contributed by atoms with Crippen molar-refractivity contribution < 1.29 is 18.9 Å². The predicted molar refractivity (Wildman–Crippen MR) is 84.0 cm³/mol. The Bertz CT molecular complexity index is 659. The van der Waals surface area contributed by atoms with Crippen LogP contribution < -0.4 is 10.2 Å². The number of anilines is 1. The summed E-state index contributed by atoms with van der Waals surface area (Å²) in [6, 6.07) is 10.7. The van der Waals surface area contributed by atoms with Gasteiger partial charge in [0, 0.05) is 11.3 Å². The van der Waals surface area contributed by atoms with Crippen molar-refractivity contribution in [3.63, 3.8) is 0 Å². The lowest BCUT2D eigenvalue weighted by atomic mass is 10.1. The van der Waals surface area contributed by atoms with Gasteiger partial charge >= 0.3 is 0 Å². The second kappa shape index (κ2) is 7.04. The maximum Gasteiger partial charge on any atom is 0.279 e. The first-order chi connectivity index (χ1) is 10.4. The smallest absolute Gasteiger partial charge is 0.279 e. The summed E-state index contributed by atoms with van der Waals surface area (Å²) >= 11 is 0. The number of hydrogen-bond donors (Lipinski definition) is 2. The second-order valence-corrected chi connectivity index (χ2v) is 5.50. The van der Waals surface area contributed by atoms with Gasteiger partial charge in [-0.05, 0) is 50.2 Å². The molecule has 116 valence electrons. The van der Waals surface area contributed by atoms with Crippen LogP contribution in [0.4, 0.5) is 5.69 Å². The van der Waals surface area contributed by atoms with E-state index in [0.717, 1.165) is 16.4 Å². The van der Waals surface area contributed by atoms with E-state index in [9.17, 15) is 9.59 Å². The quantitative estimate of drug-likeness (QED) is 0.794. The monoisotopic (exact) mass is 301 g/mol. The van der Waals surface area contributed by atoms with Gasteiger partial charge in [0.1, 0.15) is 12.3 Å². The molecule has 1 atom stereocenters. The Morgan fingerprint density at radius 2 is 1.82 bits per heavy atom. The fourth-order valence-electron chi connectivity index (χ4n) is 2.21. The molecule has 0 aliphatic heterocycles. The van der Waals surface area contributed by atoms with E-state index >= 15 is 0 Å². The van der Waals surface area contributed by atoms with E-state index in [2.05, 4.69) is 5.32 Å². The molecule has 0 fully saturated rings. The molecule has 0 radical (unpaired) electrons. The van der Waals surface area contributed by atoms with E-state index in [1.807, 2.05) is 26.1 Å². The Labute approximate surface area is 129 Å². The molecule has 1 heterocycles. The van der Waals surface area contributed by atoms with Gasteiger partial charge in [0.05, 0.1) is 7.05 Å². The van der Waals surface area contributed by atoms with E-state index in [1.54, 1.807) is 24.3 Å². The third-order valence-corrected chi connectivity index (χ3v) is 3.31. The lowest BCUT2D eigenvalue weighted by molar-refractivity contribution is -0.886. The summed E-state index contributed by atoms with van der Waals surface area (Å²) in [6.45, 7) is 4.41. The molecule has 0 spiro atoms. The van der Waals surface area contributed by atoms with E-state index in [1.165, 1.54) is 6.92 Å². The molecule has 2 aromatic rings. The van der Waals surface area contributed by atoms with Crippen LogP contribution in [0.25, 0.3) is 0 Å². The normalized spacial score (nSPS) is 12.0. The van der Waals surface area contributed by atoms with Crippen LogP contribution in [0.1, 0.15) is 28.8 Å². The third-order valence-electron chi connectivity index (χ3n) is 3.31. The fourth-order valence-corrected chi connectivity index (χ4v) is 2.21. The molecule has 5 heteroatoms. The highest BCUT2D eigenvalue weighted by atomic mass is 16.3. The van der Waals surface area contributed by atoms with Gasteiger partial charge in [0.15, 0.2) is 18.1 Å². The number of amides is 1. The summed E-state index contributed by atoms with van der Waals surface area (Å²) in [5.74, 6) is 1.68. The van der Waals surface area contributed by atoms with Crippen LogP contribution in [0.3, 0.4) is 0 Å². The molecule has 22 heavy (non-hydrogen) atoms. The van der Waals surface area contributed by atoms with Crippen molar-refractivity contribution >= 4 is 17.4 Å². The van der Waals surface area contributed by atoms with Crippen LogP contribution >= 0.6 is 0 Å². The van der Waals surface area contributed by atoms with Crippen LogP contribution in [-0.2, 0) is 11.3 Å². The first kappa shape index (κ1) is 16.0. The van der Waals surface area contributed by atoms with Crippen LogP contribution in [0.2, 0.25) is 0 Å². The highest BCUT2D eigenvalue weighted by Gasteiger charge is 2.12. The molecule has 0 aliphatic rings. The van der Waals surface area contributed by atoms with E-state index < -0.39 is 0 Å². The van der Waals surface area contributed by atoms with Crippen LogP contribution in [0, 0.1) is 6.92 Å². The second-order valence-electron chi connectivity index (χ2n) is 5.50. The van der Waals surface area contributed by atoms with Gasteiger partial charge in [0.25, 0.3) is 5.91 Å². The Morgan fingerprint density at radius 3 is 2.36 bits per heavy atom. The SMILES string of the molecule is CC(=O)c1ccc(NC(=O)C[NH+](C)Cc2ccc(C)o2)cc1. The number of quaternary nitrogens is 1. The predicted octanol–water partition coefficient (Wildman–Crippen LogP) is 1.44. The van der Waals surface area contributed by atoms with Gasteiger partial charge in [0.2, 0.25) is 0 Å². The van der Waals surface area contributed by atoms with Gasteiger partial charge in [-0.15, -0.1) is 0 Å². The third kappa shape index (κ3) is 4.56. The van der Waals surface area contributed by atoms with E-state index in [4.69, 9.17) is 4.42 Å². The summed E-state index contributed by atoms with van der Waals surface area (Å²) in [6.07, 6.45) is 0. The summed E-state index contributed by atoms with van der Waals surface area (Å²) in [7, 11) is 1.94. The van der Waals surface area contributed by atoms with Gasteiger partial charge in [-0.1, -0.05) is 0 Å². The minimum Gasteiger partial charge on any atom is -0.460 e. The number of aryl methyl sites for hydroxylation is 1. The van der Waals surface area contributed by atoms with Crippen molar-refractivity contribution in [2.24, 2.45) is 0 Å². The first-order valence-electron chi connectivity index (χ1n) is 7.21. The molecule has 2 N–H and O–H groups in total. The molecule has 2 rings (SSSR count). The number of benzene rings is 1. The van der Waals surface area contributed by atoms with Crippen molar-refractivity contribution in [3.05, 3.63) is 53.5 Å². The molecular weight excluding hydrogens is 280 g/mol. The fraction of sp³-hybridized carbons (Fsp3) is 0.294. The number of ketones is 1. The average Bonchev–Trinajstić information content (AvgIpc) is 2.84. The molecule has 1 aromatic carbocycles. The minimum atomic E-state index is -0.0728. The average molecular weight is 301 g/mol.